The predicted molar refractivity (Wildman–Crippen MR) is 62.2 cm³/mol. The summed E-state index contributed by atoms with van der Waals surface area (Å²) in [7, 11) is 1.71. The minimum Gasteiger partial charge on any atom is -0.348 e. The van der Waals surface area contributed by atoms with Crippen molar-refractivity contribution in [1.82, 2.24) is 20.1 Å². The smallest absolute Gasteiger partial charge is 0.348 e. The highest BCUT2D eigenvalue weighted by Crippen LogP contribution is 2.25. The van der Waals surface area contributed by atoms with Crippen LogP contribution in [0.2, 0.25) is 0 Å². The highest BCUT2D eigenvalue weighted by atomic mass is 19.4. The van der Waals surface area contributed by atoms with Crippen molar-refractivity contribution in [3.63, 3.8) is 0 Å². The minimum absolute atomic E-state index is 0.0739. The van der Waals surface area contributed by atoms with E-state index in [1.165, 1.54) is 0 Å². The highest BCUT2D eigenvalue weighted by Gasteiger charge is 2.41. The van der Waals surface area contributed by atoms with E-state index in [1.807, 2.05) is 13.8 Å². The third-order valence-electron chi connectivity index (χ3n) is 2.82. The Kier molecular flexibility index (Phi) is 4.54. The fourth-order valence-electron chi connectivity index (χ4n) is 1.50. The summed E-state index contributed by atoms with van der Waals surface area (Å²) < 4.78 is 38.6. The number of halogens is 3. The predicted octanol–water partition coefficient (Wildman–Crippen LogP) is 1.75. The molecule has 8 heteroatoms. The maximum absolute atomic E-state index is 12.3. The number of amides is 1. The Labute approximate surface area is 109 Å². The lowest BCUT2D eigenvalue weighted by Gasteiger charge is -2.15. The Bertz CT molecular complexity index is 453. The van der Waals surface area contributed by atoms with Crippen molar-refractivity contribution in [3.8, 4) is 0 Å². The molecule has 0 saturated carbocycles. The van der Waals surface area contributed by atoms with Gasteiger partial charge in [-0.25, -0.2) is 0 Å². The quantitative estimate of drug-likeness (QED) is 0.912. The van der Waals surface area contributed by atoms with E-state index in [0.29, 0.717) is 11.6 Å². The molecule has 0 saturated heterocycles. The van der Waals surface area contributed by atoms with E-state index < -0.39 is 18.0 Å². The van der Waals surface area contributed by atoms with E-state index in [9.17, 15) is 18.0 Å². The second-order valence-corrected chi connectivity index (χ2v) is 4.67. The van der Waals surface area contributed by atoms with Crippen LogP contribution in [0.1, 0.15) is 38.3 Å². The standard InChI is InChI=1S/C11H17F3N4O/c1-6(2)9-17-16-8(18(9)4)5-15-10(19)7(3)11(12,13)14/h6-7H,5H2,1-4H3,(H,15,19). The Morgan fingerprint density at radius 3 is 2.32 bits per heavy atom. The Morgan fingerprint density at radius 2 is 1.89 bits per heavy atom. The van der Waals surface area contributed by atoms with Gasteiger partial charge in [0.1, 0.15) is 11.7 Å². The monoisotopic (exact) mass is 278 g/mol. The van der Waals surface area contributed by atoms with Crippen molar-refractivity contribution >= 4 is 5.91 Å². The van der Waals surface area contributed by atoms with Crippen LogP contribution in [-0.2, 0) is 18.4 Å². The molecule has 0 spiro atoms. The Hall–Kier alpha value is -1.60. The van der Waals surface area contributed by atoms with Gasteiger partial charge in [0.25, 0.3) is 0 Å². The normalized spacial score (nSPS) is 13.7. The van der Waals surface area contributed by atoms with Gasteiger partial charge in [-0.05, 0) is 6.92 Å². The summed E-state index contributed by atoms with van der Waals surface area (Å²) in [4.78, 5) is 11.3. The van der Waals surface area contributed by atoms with E-state index in [2.05, 4.69) is 15.5 Å². The van der Waals surface area contributed by atoms with Gasteiger partial charge in [-0.2, -0.15) is 13.2 Å². The SMILES string of the molecule is CC(C)c1nnc(CNC(=O)C(C)C(F)(F)F)n1C. The maximum atomic E-state index is 12.3. The molecule has 1 aromatic rings. The fraction of sp³-hybridized carbons (Fsp3) is 0.727. The summed E-state index contributed by atoms with van der Waals surface area (Å²) in [6.45, 7) is 4.61. The molecular formula is C11H17F3N4O. The van der Waals surface area contributed by atoms with Crippen LogP contribution in [0.5, 0.6) is 0 Å². The third kappa shape index (κ3) is 3.68. The lowest BCUT2D eigenvalue weighted by atomic mass is 10.1. The van der Waals surface area contributed by atoms with Crippen LogP contribution in [0, 0.1) is 5.92 Å². The van der Waals surface area contributed by atoms with Gasteiger partial charge in [-0.3, -0.25) is 4.79 Å². The van der Waals surface area contributed by atoms with Crippen molar-refractivity contribution in [2.45, 2.75) is 39.4 Å². The maximum Gasteiger partial charge on any atom is 0.400 e. The largest absolute Gasteiger partial charge is 0.400 e. The van der Waals surface area contributed by atoms with Crippen molar-refractivity contribution in [2.75, 3.05) is 0 Å². The topological polar surface area (TPSA) is 59.8 Å². The second-order valence-electron chi connectivity index (χ2n) is 4.67. The van der Waals surface area contributed by atoms with Crippen molar-refractivity contribution in [1.29, 1.82) is 0 Å². The second kappa shape index (κ2) is 5.58. The van der Waals surface area contributed by atoms with Gasteiger partial charge in [-0.1, -0.05) is 13.8 Å². The molecule has 0 bridgehead atoms. The van der Waals surface area contributed by atoms with Crippen LogP contribution >= 0.6 is 0 Å². The van der Waals surface area contributed by atoms with E-state index in [-0.39, 0.29) is 12.5 Å². The first kappa shape index (κ1) is 15.5. The molecule has 1 rings (SSSR count). The van der Waals surface area contributed by atoms with E-state index >= 15 is 0 Å². The number of nitrogens with zero attached hydrogens (tertiary/aromatic N) is 3. The number of carbonyl (C=O) groups excluding carboxylic acids is 1. The van der Waals surface area contributed by atoms with Gasteiger partial charge in [0.2, 0.25) is 5.91 Å². The number of rotatable bonds is 4. The molecule has 0 aliphatic heterocycles. The van der Waals surface area contributed by atoms with Gasteiger partial charge < -0.3 is 9.88 Å². The lowest BCUT2D eigenvalue weighted by Crippen LogP contribution is -2.37. The zero-order valence-electron chi connectivity index (χ0n) is 11.2. The zero-order valence-corrected chi connectivity index (χ0v) is 11.2. The summed E-state index contributed by atoms with van der Waals surface area (Å²) in [5, 5.41) is 9.99. The van der Waals surface area contributed by atoms with Crippen LogP contribution in [0.4, 0.5) is 13.2 Å². The van der Waals surface area contributed by atoms with Gasteiger partial charge in [0.15, 0.2) is 5.82 Å². The van der Waals surface area contributed by atoms with Crippen molar-refractivity contribution in [3.05, 3.63) is 11.6 Å². The molecule has 1 atom stereocenters. The van der Waals surface area contributed by atoms with Gasteiger partial charge in [-0.15, -0.1) is 10.2 Å². The molecular weight excluding hydrogens is 261 g/mol. The van der Waals surface area contributed by atoms with Gasteiger partial charge in [0.05, 0.1) is 6.54 Å². The van der Waals surface area contributed by atoms with E-state index in [0.717, 1.165) is 6.92 Å². The average molecular weight is 278 g/mol. The average Bonchev–Trinajstić information content (AvgIpc) is 2.65. The first-order valence-electron chi connectivity index (χ1n) is 5.87. The molecule has 1 N–H and O–H groups in total. The highest BCUT2D eigenvalue weighted by molar-refractivity contribution is 5.78. The third-order valence-corrected chi connectivity index (χ3v) is 2.82. The summed E-state index contributed by atoms with van der Waals surface area (Å²) in [6, 6.07) is 0. The molecule has 1 amide bonds. The van der Waals surface area contributed by atoms with Crippen LogP contribution in [-0.4, -0.2) is 26.8 Å². The summed E-state index contributed by atoms with van der Waals surface area (Å²) >= 11 is 0. The molecule has 5 nitrogen and oxygen atoms in total. The number of hydrogen-bond donors (Lipinski definition) is 1. The lowest BCUT2D eigenvalue weighted by molar-refractivity contribution is -0.178. The molecule has 19 heavy (non-hydrogen) atoms. The van der Waals surface area contributed by atoms with Gasteiger partial charge >= 0.3 is 6.18 Å². The molecule has 1 aromatic heterocycles. The van der Waals surface area contributed by atoms with E-state index in [4.69, 9.17) is 0 Å². The van der Waals surface area contributed by atoms with Crippen LogP contribution in [0.15, 0.2) is 0 Å². The summed E-state index contributed by atoms with van der Waals surface area (Å²) in [5.74, 6) is -1.82. The molecule has 108 valence electrons. The Morgan fingerprint density at radius 1 is 1.32 bits per heavy atom. The number of carbonyl (C=O) groups is 1. The van der Waals surface area contributed by atoms with Crippen LogP contribution < -0.4 is 5.32 Å². The number of alkyl halides is 3. The first-order chi connectivity index (χ1) is 8.64. The van der Waals surface area contributed by atoms with Crippen molar-refractivity contribution in [2.24, 2.45) is 13.0 Å². The number of nitrogens with one attached hydrogen (secondary N) is 1. The molecule has 1 unspecified atom stereocenters. The summed E-state index contributed by atoms with van der Waals surface area (Å²) in [6.07, 6.45) is -4.53. The fourth-order valence-corrected chi connectivity index (χ4v) is 1.50. The number of aromatic nitrogens is 3. The first-order valence-corrected chi connectivity index (χ1v) is 5.87. The Balaban J connectivity index is 2.66. The number of hydrogen-bond acceptors (Lipinski definition) is 3. The zero-order chi connectivity index (χ0) is 14.8. The molecule has 0 aliphatic rings. The molecule has 0 radical (unpaired) electrons. The van der Waals surface area contributed by atoms with Crippen LogP contribution in [0.3, 0.4) is 0 Å². The van der Waals surface area contributed by atoms with Crippen molar-refractivity contribution < 1.29 is 18.0 Å². The molecule has 0 aromatic carbocycles. The van der Waals surface area contributed by atoms with Gasteiger partial charge in [0, 0.05) is 13.0 Å². The summed E-state index contributed by atoms with van der Waals surface area (Å²) in [5.41, 5.74) is 0. The molecule has 1 heterocycles. The molecule has 0 fully saturated rings. The minimum atomic E-state index is -4.53. The molecule has 0 aliphatic carbocycles. The van der Waals surface area contributed by atoms with E-state index in [1.54, 1.807) is 11.6 Å². The van der Waals surface area contributed by atoms with Crippen LogP contribution in [0.25, 0.3) is 0 Å².